The van der Waals surface area contributed by atoms with Gasteiger partial charge < -0.3 is 19.7 Å². The molecule has 2 rings (SSSR count). The molecule has 0 spiro atoms. The Morgan fingerprint density at radius 3 is 2.48 bits per heavy atom. The number of amides is 2. The quantitative estimate of drug-likeness (QED) is 0.715. The monoisotopic (exact) mass is 396 g/mol. The Morgan fingerprint density at radius 2 is 1.96 bits per heavy atom. The number of nitrogens with one attached hydrogen (secondary N) is 1. The number of carbonyl (C=O) groups excluding carboxylic acids is 3. The highest BCUT2D eigenvalue weighted by atomic mass is 32.1. The van der Waals surface area contributed by atoms with Crippen molar-refractivity contribution in [1.29, 1.82) is 0 Å². The second-order valence-electron chi connectivity index (χ2n) is 6.68. The van der Waals surface area contributed by atoms with Gasteiger partial charge in [-0.05, 0) is 53.0 Å². The van der Waals surface area contributed by atoms with Gasteiger partial charge in [0.05, 0.1) is 16.5 Å². The van der Waals surface area contributed by atoms with Crippen molar-refractivity contribution < 1.29 is 23.9 Å². The van der Waals surface area contributed by atoms with Gasteiger partial charge in [0.15, 0.2) is 0 Å². The molecule has 8 heteroatoms. The molecule has 1 fully saturated rings. The van der Waals surface area contributed by atoms with Crippen LogP contribution in [0.2, 0.25) is 0 Å². The highest BCUT2D eigenvalue weighted by molar-refractivity contribution is 7.18. The van der Waals surface area contributed by atoms with E-state index in [1.54, 1.807) is 25.7 Å². The minimum atomic E-state index is -0.542. The standard InChI is InChI=1S/C19H28N2O5S/c1-6-21(7-2)18(23)15-12(5)14(19(24)26-11(3)4)17(27-15)20-16(22)13-9-8-10-25-13/h11,13H,6-10H2,1-5H3,(H,20,22)/t13-/m0/s1. The van der Waals surface area contributed by atoms with E-state index in [0.717, 1.165) is 17.8 Å². The van der Waals surface area contributed by atoms with Crippen LogP contribution in [-0.4, -0.2) is 54.6 Å². The van der Waals surface area contributed by atoms with E-state index in [1.807, 2.05) is 13.8 Å². The van der Waals surface area contributed by atoms with Crippen molar-refractivity contribution in [3.05, 3.63) is 16.0 Å². The van der Waals surface area contributed by atoms with E-state index in [0.29, 0.717) is 41.6 Å². The second kappa shape index (κ2) is 9.32. The summed E-state index contributed by atoms with van der Waals surface area (Å²) in [5.41, 5.74) is 0.778. The van der Waals surface area contributed by atoms with Gasteiger partial charge in [-0.1, -0.05) is 0 Å². The van der Waals surface area contributed by atoms with Crippen LogP contribution in [0, 0.1) is 6.92 Å². The zero-order chi connectivity index (χ0) is 20.1. The lowest BCUT2D eigenvalue weighted by atomic mass is 10.1. The molecule has 2 heterocycles. The molecule has 1 aliphatic rings. The molecule has 0 unspecified atom stereocenters. The molecule has 1 aliphatic heterocycles. The third kappa shape index (κ3) is 4.87. The van der Waals surface area contributed by atoms with Gasteiger partial charge in [-0.3, -0.25) is 9.59 Å². The fraction of sp³-hybridized carbons (Fsp3) is 0.632. The van der Waals surface area contributed by atoms with Crippen molar-refractivity contribution in [3.8, 4) is 0 Å². The topological polar surface area (TPSA) is 84.9 Å². The summed E-state index contributed by atoms with van der Waals surface area (Å²) in [5, 5.41) is 3.12. The third-order valence-electron chi connectivity index (χ3n) is 4.40. The van der Waals surface area contributed by atoms with E-state index < -0.39 is 12.1 Å². The molecule has 7 nitrogen and oxygen atoms in total. The summed E-state index contributed by atoms with van der Waals surface area (Å²) in [7, 11) is 0. The summed E-state index contributed by atoms with van der Waals surface area (Å²) in [6, 6.07) is 0. The number of hydrogen-bond acceptors (Lipinski definition) is 6. The first-order valence-electron chi connectivity index (χ1n) is 9.36. The van der Waals surface area contributed by atoms with Crippen LogP contribution in [0.1, 0.15) is 66.1 Å². The van der Waals surface area contributed by atoms with Crippen LogP contribution in [0.15, 0.2) is 0 Å². The van der Waals surface area contributed by atoms with Crippen molar-refractivity contribution in [2.45, 2.75) is 59.7 Å². The molecular formula is C19H28N2O5S. The van der Waals surface area contributed by atoms with Crippen molar-refractivity contribution in [3.63, 3.8) is 0 Å². The van der Waals surface area contributed by atoms with Crippen LogP contribution in [0.25, 0.3) is 0 Å². The summed E-state index contributed by atoms with van der Waals surface area (Å²) in [6.45, 7) is 10.7. The van der Waals surface area contributed by atoms with E-state index in [4.69, 9.17) is 9.47 Å². The number of thiophene rings is 1. The number of nitrogens with zero attached hydrogens (tertiary/aromatic N) is 1. The van der Waals surface area contributed by atoms with Gasteiger partial charge in [0, 0.05) is 19.7 Å². The van der Waals surface area contributed by atoms with Crippen molar-refractivity contribution in [1.82, 2.24) is 4.90 Å². The average Bonchev–Trinajstić information content (AvgIpc) is 3.23. The lowest BCUT2D eigenvalue weighted by Gasteiger charge is -2.18. The maximum absolute atomic E-state index is 12.8. The van der Waals surface area contributed by atoms with Crippen LogP contribution in [0.5, 0.6) is 0 Å². The summed E-state index contributed by atoms with van der Waals surface area (Å²) in [4.78, 5) is 40.0. The molecule has 1 atom stereocenters. The highest BCUT2D eigenvalue weighted by Crippen LogP contribution is 2.35. The molecule has 2 amide bonds. The van der Waals surface area contributed by atoms with Crippen molar-refractivity contribution >= 4 is 34.1 Å². The fourth-order valence-corrected chi connectivity index (χ4v) is 4.12. The zero-order valence-corrected chi connectivity index (χ0v) is 17.4. The Morgan fingerprint density at radius 1 is 1.30 bits per heavy atom. The highest BCUT2D eigenvalue weighted by Gasteiger charge is 2.31. The summed E-state index contributed by atoms with van der Waals surface area (Å²) < 4.78 is 10.7. The molecule has 0 aromatic carbocycles. The number of ether oxygens (including phenoxy) is 2. The SMILES string of the molecule is CCN(CC)C(=O)c1sc(NC(=O)[C@@H]2CCCO2)c(C(=O)OC(C)C)c1C. The maximum Gasteiger partial charge on any atom is 0.341 e. The van der Waals surface area contributed by atoms with Crippen molar-refractivity contribution in [2.24, 2.45) is 0 Å². The fourth-order valence-electron chi connectivity index (χ4n) is 2.96. The van der Waals surface area contributed by atoms with Crippen molar-refractivity contribution in [2.75, 3.05) is 25.0 Å². The molecule has 0 aliphatic carbocycles. The lowest BCUT2D eigenvalue weighted by molar-refractivity contribution is -0.124. The van der Waals surface area contributed by atoms with E-state index in [-0.39, 0.29) is 23.5 Å². The summed E-state index contributed by atoms with van der Waals surface area (Å²) in [5.74, 6) is -0.993. The first-order valence-corrected chi connectivity index (χ1v) is 10.2. The summed E-state index contributed by atoms with van der Waals surface area (Å²) >= 11 is 1.12. The molecule has 1 aromatic heterocycles. The molecule has 1 N–H and O–H groups in total. The number of carbonyl (C=O) groups is 3. The molecule has 0 saturated carbocycles. The van der Waals surface area contributed by atoms with Gasteiger partial charge in [-0.2, -0.15) is 0 Å². The molecular weight excluding hydrogens is 368 g/mol. The van der Waals surface area contributed by atoms with E-state index in [1.165, 1.54) is 0 Å². The average molecular weight is 397 g/mol. The molecule has 27 heavy (non-hydrogen) atoms. The molecule has 1 saturated heterocycles. The number of hydrogen-bond donors (Lipinski definition) is 1. The Hall–Kier alpha value is -1.93. The second-order valence-corrected chi connectivity index (χ2v) is 7.70. The first-order chi connectivity index (χ1) is 12.8. The van der Waals surface area contributed by atoms with Crippen LogP contribution in [-0.2, 0) is 14.3 Å². The third-order valence-corrected chi connectivity index (χ3v) is 5.59. The molecule has 0 radical (unpaired) electrons. The van der Waals surface area contributed by atoms with Gasteiger partial charge in [-0.25, -0.2) is 4.79 Å². The first kappa shape index (κ1) is 21.4. The van der Waals surface area contributed by atoms with Crippen LogP contribution >= 0.6 is 11.3 Å². The molecule has 1 aromatic rings. The van der Waals surface area contributed by atoms with Gasteiger partial charge in [0.25, 0.3) is 11.8 Å². The minimum Gasteiger partial charge on any atom is -0.459 e. The van der Waals surface area contributed by atoms with E-state index >= 15 is 0 Å². The van der Waals surface area contributed by atoms with Crippen LogP contribution in [0.3, 0.4) is 0 Å². The van der Waals surface area contributed by atoms with Gasteiger partial charge in [-0.15, -0.1) is 11.3 Å². The van der Waals surface area contributed by atoms with Gasteiger partial charge in [0.2, 0.25) is 0 Å². The van der Waals surface area contributed by atoms with Gasteiger partial charge >= 0.3 is 5.97 Å². The van der Waals surface area contributed by atoms with Crippen LogP contribution < -0.4 is 5.32 Å². The van der Waals surface area contributed by atoms with E-state index in [2.05, 4.69) is 5.32 Å². The molecule has 150 valence electrons. The zero-order valence-electron chi connectivity index (χ0n) is 16.6. The Bertz CT molecular complexity index is 703. The number of anilines is 1. The minimum absolute atomic E-state index is 0.154. The van der Waals surface area contributed by atoms with E-state index in [9.17, 15) is 14.4 Å². The van der Waals surface area contributed by atoms with Gasteiger partial charge in [0.1, 0.15) is 11.1 Å². The number of esters is 1. The number of rotatable bonds is 7. The maximum atomic E-state index is 12.8. The molecule has 0 bridgehead atoms. The predicted octanol–water partition coefficient (Wildman–Crippen LogP) is 3.22. The Labute approximate surface area is 164 Å². The Kier molecular flexibility index (Phi) is 7.38. The smallest absolute Gasteiger partial charge is 0.341 e. The summed E-state index contributed by atoms with van der Waals surface area (Å²) in [6.07, 6.45) is 0.645. The predicted molar refractivity (Wildman–Crippen MR) is 104 cm³/mol. The lowest BCUT2D eigenvalue weighted by Crippen LogP contribution is -2.30. The van der Waals surface area contributed by atoms with Crippen LogP contribution in [0.4, 0.5) is 5.00 Å². The Balaban J connectivity index is 2.39. The normalized spacial score (nSPS) is 16.4. The largest absolute Gasteiger partial charge is 0.459 e.